The molecule has 2 N–H and O–H groups in total. The molecule has 0 fully saturated rings. The van der Waals surface area contributed by atoms with E-state index in [0.717, 1.165) is 24.9 Å². The SMILES string of the molecule is CC(CC(=O)Nc1cccc2c1CCCC2)=NNC(=O)c1ccccc1. The molecule has 0 saturated heterocycles. The number of fused-ring (bicyclic) bond motifs is 1. The third-order valence-electron chi connectivity index (χ3n) is 4.47. The number of aryl methyl sites for hydroxylation is 1. The number of hydrazone groups is 1. The number of nitrogens with one attached hydrogen (secondary N) is 2. The summed E-state index contributed by atoms with van der Waals surface area (Å²) in [6.45, 7) is 1.73. The Morgan fingerprint density at radius 1 is 1.00 bits per heavy atom. The van der Waals surface area contributed by atoms with Gasteiger partial charge in [0.05, 0.1) is 6.42 Å². The van der Waals surface area contributed by atoms with Gasteiger partial charge in [0.2, 0.25) is 5.91 Å². The van der Waals surface area contributed by atoms with Crippen LogP contribution in [-0.2, 0) is 17.6 Å². The minimum atomic E-state index is -0.289. The summed E-state index contributed by atoms with van der Waals surface area (Å²) in [5.74, 6) is -0.415. The zero-order chi connectivity index (χ0) is 18.4. The molecule has 26 heavy (non-hydrogen) atoms. The Morgan fingerprint density at radius 2 is 1.77 bits per heavy atom. The largest absolute Gasteiger partial charge is 0.325 e. The molecule has 2 aromatic carbocycles. The number of hydrogen-bond donors (Lipinski definition) is 2. The van der Waals surface area contributed by atoms with E-state index in [-0.39, 0.29) is 18.2 Å². The van der Waals surface area contributed by atoms with Gasteiger partial charge in [0.1, 0.15) is 0 Å². The lowest BCUT2D eigenvalue weighted by atomic mass is 9.90. The molecule has 134 valence electrons. The molecular weight excluding hydrogens is 326 g/mol. The van der Waals surface area contributed by atoms with Crippen molar-refractivity contribution in [2.75, 3.05) is 5.32 Å². The minimum absolute atomic E-state index is 0.126. The first-order valence-corrected chi connectivity index (χ1v) is 8.92. The normalized spacial score (nSPS) is 13.7. The molecular formula is C21H23N3O2. The van der Waals surface area contributed by atoms with Crippen molar-refractivity contribution < 1.29 is 9.59 Å². The summed E-state index contributed by atoms with van der Waals surface area (Å²) < 4.78 is 0. The average Bonchev–Trinajstić information content (AvgIpc) is 2.67. The molecule has 0 spiro atoms. The number of carbonyl (C=O) groups excluding carboxylic acids is 2. The summed E-state index contributed by atoms with van der Waals surface area (Å²) in [5, 5.41) is 7.01. The Hall–Kier alpha value is -2.95. The minimum Gasteiger partial charge on any atom is -0.325 e. The van der Waals surface area contributed by atoms with E-state index in [1.54, 1.807) is 31.2 Å². The highest BCUT2D eigenvalue weighted by Gasteiger charge is 2.14. The maximum absolute atomic E-state index is 12.3. The Labute approximate surface area is 153 Å². The smallest absolute Gasteiger partial charge is 0.271 e. The fourth-order valence-corrected chi connectivity index (χ4v) is 3.17. The molecule has 0 bridgehead atoms. The van der Waals surface area contributed by atoms with E-state index < -0.39 is 0 Å². The summed E-state index contributed by atoms with van der Waals surface area (Å²) in [5.41, 5.74) is 7.05. The number of hydrogen-bond acceptors (Lipinski definition) is 3. The van der Waals surface area contributed by atoms with Gasteiger partial charge >= 0.3 is 0 Å². The van der Waals surface area contributed by atoms with Gasteiger partial charge in [0.25, 0.3) is 5.91 Å². The lowest BCUT2D eigenvalue weighted by Crippen LogP contribution is -2.22. The maximum atomic E-state index is 12.3. The second-order valence-electron chi connectivity index (χ2n) is 6.53. The predicted octanol–water partition coefficient (Wildman–Crippen LogP) is 3.70. The Balaban J connectivity index is 1.57. The molecule has 5 nitrogen and oxygen atoms in total. The number of nitrogens with zero attached hydrogens (tertiary/aromatic N) is 1. The first-order chi connectivity index (χ1) is 12.6. The van der Waals surface area contributed by atoms with Crippen LogP contribution >= 0.6 is 0 Å². The van der Waals surface area contributed by atoms with Crippen molar-refractivity contribution in [2.45, 2.75) is 39.0 Å². The van der Waals surface area contributed by atoms with Gasteiger partial charge in [-0.3, -0.25) is 9.59 Å². The molecule has 0 aromatic heterocycles. The van der Waals surface area contributed by atoms with Gasteiger partial charge in [0.15, 0.2) is 0 Å². The summed E-state index contributed by atoms with van der Waals surface area (Å²) in [7, 11) is 0. The van der Waals surface area contributed by atoms with E-state index >= 15 is 0 Å². The topological polar surface area (TPSA) is 70.6 Å². The van der Waals surface area contributed by atoms with Crippen LogP contribution in [0.25, 0.3) is 0 Å². The lowest BCUT2D eigenvalue weighted by molar-refractivity contribution is -0.115. The molecule has 0 saturated carbocycles. The molecule has 3 rings (SSSR count). The molecule has 0 unspecified atom stereocenters. The second-order valence-corrected chi connectivity index (χ2v) is 6.53. The fourth-order valence-electron chi connectivity index (χ4n) is 3.17. The zero-order valence-corrected chi connectivity index (χ0v) is 14.9. The standard InChI is InChI=1S/C21H23N3O2/c1-15(23-24-21(26)17-9-3-2-4-10-17)14-20(25)22-19-13-7-11-16-8-5-6-12-18(16)19/h2-4,7,9-11,13H,5-6,8,12,14H2,1H3,(H,22,25)(H,24,26). The molecule has 0 heterocycles. The third-order valence-corrected chi connectivity index (χ3v) is 4.47. The Morgan fingerprint density at radius 3 is 2.58 bits per heavy atom. The zero-order valence-electron chi connectivity index (χ0n) is 14.9. The highest BCUT2D eigenvalue weighted by Crippen LogP contribution is 2.27. The molecule has 0 radical (unpaired) electrons. The molecule has 2 amide bonds. The third kappa shape index (κ3) is 4.57. The lowest BCUT2D eigenvalue weighted by Gasteiger charge is -2.19. The Bertz CT molecular complexity index is 828. The number of benzene rings is 2. The van der Waals surface area contributed by atoms with Crippen molar-refractivity contribution in [3.8, 4) is 0 Å². The van der Waals surface area contributed by atoms with Crippen LogP contribution in [0.5, 0.6) is 0 Å². The van der Waals surface area contributed by atoms with Crippen LogP contribution in [0.15, 0.2) is 53.6 Å². The number of rotatable bonds is 5. The fraction of sp³-hybridized carbons (Fsp3) is 0.286. The van der Waals surface area contributed by atoms with E-state index in [2.05, 4.69) is 21.9 Å². The summed E-state index contributed by atoms with van der Waals surface area (Å²) in [6.07, 6.45) is 4.58. The van der Waals surface area contributed by atoms with E-state index in [0.29, 0.717) is 11.3 Å². The first kappa shape index (κ1) is 17.9. The van der Waals surface area contributed by atoms with Crippen LogP contribution < -0.4 is 10.7 Å². The highest BCUT2D eigenvalue weighted by molar-refractivity contribution is 6.06. The molecule has 2 aromatic rings. The average molecular weight is 349 g/mol. The second kappa shape index (κ2) is 8.43. The van der Waals surface area contributed by atoms with E-state index in [1.165, 1.54) is 17.5 Å². The number of amides is 2. The first-order valence-electron chi connectivity index (χ1n) is 8.92. The van der Waals surface area contributed by atoms with Crippen molar-refractivity contribution in [1.82, 2.24) is 5.43 Å². The van der Waals surface area contributed by atoms with Crippen LogP contribution in [0, 0.1) is 0 Å². The van der Waals surface area contributed by atoms with Crippen molar-refractivity contribution >= 4 is 23.2 Å². The van der Waals surface area contributed by atoms with Crippen LogP contribution in [0.1, 0.15) is 47.7 Å². The van der Waals surface area contributed by atoms with Gasteiger partial charge in [-0.05, 0) is 61.9 Å². The highest BCUT2D eigenvalue weighted by atomic mass is 16.2. The van der Waals surface area contributed by atoms with Gasteiger partial charge in [0, 0.05) is 17.0 Å². The molecule has 0 atom stereocenters. The van der Waals surface area contributed by atoms with Crippen LogP contribution in [-0.4, -0.2) is 17.5 Å². The summed E-state index contributed by atoms with van der Waals surface area (Å²) in [4.78, 5) is 24.3. The van der Waals surface area contributed by atoms with Crippen LogP contribution in [0.4, 0.5) is 5.69 Å². The van der Waals surface area contributed by atoms with E-state index in [1.807, 2.05) is 18.2 Å². The van der Waals surface area contributed by atoms with Gasteiger partial charge in [-0.1, -0.05) is 30.3 Å². The predicted molar refractivity (Wildman–Crippen MR) is 103 cm³/mol. The molecule has 0 aliphatic heterocycles. The van der Waals surface area contributed by atoms with Gasteiger partial charge in [-0.15, -0.1) is 0 Å². The van der Waals surface area contributed by atoms with Crippen molar-refractivity contribution in [3.63, 3.8) is 0 Å². The molecule has 1 aliphatic carbocycles. The van der Waals surface area contributed by atoms with Crippen molar-refractivity contribution in [2.24, 2.45) is 5.10 Å². The van der Waals surface area contributed by atoms with Crippen molar-refractivity contribution in [3.05, 3.63) is 65.2 Å². The van der Waals surface area contributed by atoms with E-state index in [9.17, 15) is 9.59 Å². The van der Waals surface area contributed by atoms with E-state index in [4.69, 9.17) is 0 Å². The van der Waals surface area contributed by atoms with Crippen LogP contribution in [0.2, 0.25) is 0 Å². The number of anilines is 1. The monoisotopic (exact) mass is 349 g/mol. The van der Waals surface area contributed by atoms with Crippen LogP contribution in [0.3, 0.4) is 0 Å². The van der Waals surface area contributed by atoms with Gasteiger partial charge < -0.3 is 5.32 Å². The summed E-state index contributed by atoms with van der Waals surface area (Å²) in [6, 6.07) is 14.9. The quantitative estimate of drug-likeness (QED) is 0.638. The molecule has 5 heteroatoms. The maximum Gasteiger partial charge on any atom is 0.271 e. The molecule has 1 aliphatic rings. The van der Waals surface area contributed by atoms with Gasteiger partial charge in [-0.25, -0.2) is 5.43 Å². The number of carbonyl (C=O) groups is 2. The van der Waals surface area contributed by atoms with Crippen molar-refractivity contribution in [1.29, 1.82) is 0 Å². The van der Waals surface area contributed by atoms with Gasteiger partial charge in [-0.2, -0.15) is 5.10 Å². The summed E-state index contributed by atoms with van der Waals surface area (Å²) >= 11 is 0. The Kier molecular flexibility index (Phi) is 5.79.